The fourth-order valence-corrected chi connectivity index (χ4v) is 3.03. The average molecular weight is 227 g/mol. The van der Waals surface area contributed by atoms with Crippen molar-refractivity contribution >= 4 is 5.97 Å². The van der Waals surface area contributed by atoms with Gasteiger partial charge in [-0.1, -0.05) is 0 Å². The highest BCUT2D eigenvalue weighted by Crippen LogP contribution is 2.44. The summed E-state index contributed by atoms with van der Waals surface area (Å²) in [5.74, 6) is -0.844. The van der Waals surface area contributed by atoms with E-state index >= 15 is 0 Å². The fraction of sp³-hybridized carbons (Fsp3) is 0.917. The lowest BCUT2D eigenvalue weighted by atomic mass is 9.72. The van der Waals surface area contributed by atoms with Crippen LogP contribution in [0, 0.1) is 11.3 Å². The molecule has 0 unspecified atom stereocenters. The number of rotatable bonds is 2. The molecule has 4 heteroatoms. The zero-order valence-electron chi connectivity index (χ0n) is 10.1. The predicted molar refractivity (Wildman–Crippen MR) is 60.3 cm³/mol. The van der Waals surface area contributed by atoms with Gasteiger partial charge >= 0.3 is 5.97 Å². The van der Waals surface area contributed by atoms with Crippen LogP contribution in [0.5, 0.6) is 0 Å². The van der Waals surface area contributed by atoms with Gasteiger partial charge in [-0.25, -0.2) is 0 Å². The first kappa shape index (κ1) is 11.9. The molecule has 0 saturated carbocycles. The first-order chi connectivity index (χ1) is 7.55. The molecule has 1 spiro atoms. The Morgan fingerprint density at radius 1 is 1.44 bits per heavy atom. The third-order valence-electron chi connectivity index (χ3n) is 4.19. The topological polar surface area (TPSA) is 49.8 Å². The molecular formula is C12H21NO3. The van der Waals surface area contributed by atoms with E-state index in [1.807, 2.05) is 0 Å². The van der Waals surface area contributed by atoms with Crippen LogP contribution in [0.1, 0.15) is 26.7 Å². The highest BCUT2D eigenvalue weighted by molar-refractivity contribution is 5.72. The van der Waals surface area contributed by atoms with Crippen molar-refractivity contribution in [2.24, 2.45) is 11.3 Å². The Hall–Kier alpha value is -0.610. The van der Waals surface area contributed by atoms with Gasteiger partial charge in [0, 0.05) is 37.8 Å². The normalized spacial score (nSPS) is 30.1. The molecule has 2 rings (SSSR count). The minimum Gasteiger partial charge on any atom is -0.481 e. The van der Waals surface area contributed by atoms with Crippen molar-refractivity contribution in [3.8, 4) is 0 Å². The molecule has 2 aliphatic rings. The largest absolute Gasteiger partial charge is 0.481 e. The summed E-state index contributed by atoms with van der Waals surface area (Å²) in [7, 11) is 0. The fourth-order valence-electron chi connectivity index (χ4n) is 3.03. The first-order valence-corrected chi connectivity index (χ1v) is 6.10. The van der Waals surface area contributed by atoms with Gasteiger partial charge in [-0.3, -0.25) is 9.69 Å². The molecule has 1 atom stereocenters. The zero-order chi connectivity index (χ0) is 11.8. The Morgan fingerprint density at radius 2 is 2.06 bits per heavy atom. The van der Waals surface area contributed by atoms with Crippen LogP contribution in [0.3, 0.4) is 0 Å². The molecule has 2 aliphatic heterocycles. The Balaban J connectivity index is 2.17. The number of likely N-dealkylation sites (tertiary alicyclic amines) is 1. The van der Waals surface area contributed by atoms with Gasteiger partial charge in [-0.2, -0.15) is 0 Å². The van der Waals surface area contributed by atoms with Gasteiger partial charge in [-0.15, -0.1) is 0 Å². The molecule has 2 heterocycles. The quantitative estimate of drug-likeness (QED) is 0.770. The van der Waals surface area contributed by atoms with Crippen molar-refractivity contribution in [2.75, 3.05) is 26.3 Å². The van der Waals surface area contributed by atoms with E-state index in [0.717, 1.165) is 32.6 Å². The lowest BCUT2D eigenvalue weighted by Gasteiger charge is -2.36. The molecule has 0 aromatic rings. The number of hydrogen-bond acceptors (Lipinski definition) is 3. The maximum absolute atomic E-state index is 11.4. The Bertz CT molecular complexity index is 271. The highest BCUT2D eigenvalue weighted by Gasteiger charge is 2.51. The standard InChI is InChI=1S/C12H21NO3/c1-9(2)13-7-10(11(14)15)12(8-13)3-5-16-6-4-12/h9-10H,3-8H2,1-2H3,(H,14,15)/t10-/m0/s1. The number of nitrogens with zero attached hydrogens (tertiary/aromatic N) is 1. The summed E-state index contributed by atoms with van der Waals surface area (Å²) in [5, 5.41) is 9.36. The van der Waals surface area contributed by atoms with Crippen LogP contribution in [-0.4, -0.2) is 48.3 Å². The molecular weight excluding hydrogens is 206 g/mol. The lowest BCUT2D eigenvalue weighted by molar-refractivity contribution is -0.146. The van der Waals surface area contributed by atoms with Crippen LogP contribution in [0.2, 0.25) is 0 Å². The molecule has 2 saturated heterocycles. The molecule has 0 radical (unpaired) electrons. The third-order valence-corrected chi connectivity index (χ3v) is 4.19. The van der Waals surface area contributed by atoms with Crippen molar-refractivity contribution < 1.29 is 14.6 Å². The van der Waals surface area contributed by atoms with Crippen LogP contribution in [-0.2, 0) is 9.53 Å². The van der Waals surface area contributed by atoms with E-state index in [4.69, 9.17) is 4.74 Å². The minimum atomic E-state index is -0.634. The van der Waals surface area contributed by atoms with E-state index in [2.05, 4.69) is 18.7 Å². The van der Waals surface area contributed by atoms with Gasteiger partial charge in [0.25, 0.3) is 0 Å². The van der Waals surface area contributed by atoms with Crippen LogP contribution < -0.4 is 0 Å². The van der Waals surface area contributed by atoms with Gasteiger partial charge < -0.3 is 9.84 Å². The molecule has 0 amide bonds. The Morgan fingerprint density at radius 3 is 2.56 bits per heavy atom. The molecule has 0 aromatic carbocycles. The van der Waals surface area contributed by atoms with Crippen molar-refractivity contribution in [2.45, 2.75) is 32.7 Å². The number of aliphatic carboxylic acids is 1. The van der Waals surface area contributed by atoms with Crippen LogP contribution in [0.15, 0.2) is 0 Å². The second kappa shape index (κ2) is 4.34. The van der Waals surface area contributed by atoms with Crippen molar-refractivity contribution in [1.82, 2.24) is 4.90 Å². The lowest BCUT2D eigenvalue weighted by Crippen LogP contribution is -2.40. The number of carboxylic acids is 1. The third kappa shape index (κ3) is 1.96. The number of hydrogen-bond donors (Lipinski definition) is 1. The van der Waals surface area contributed by atoms with Crippen LogP contribution >= 0.6 is 0 Å². The molecule has 2 fully saturated rings. The van der Waals surface area contributed by atoms with E-state index in [1.165, 1.54) is 0 Å². The summed E-state index contributed by atoms with van der Waals surface area (Å²) < 4.78 is 5.37. The maximum Gasteiger partial charge on any atom is 0.308 e. The highest BCUT2D eigenvalue weighted by atomic mass is 16.5. The molecule has 0 aromatic heterocycles. The zero-order valence-corrected chi connectivity index (χ0v) is 10.1. The van der Waals surface area contributed by atoms with Gasteiger partial charge in [0.1, 0.15) is 0 Å². The average Bonchev–Trinajstić information content (AvgIpc) is 2.59. The smallest absolute Gasteiger partial charge is 0.308 e. The molecule has 4 nitrogen and oxygen atoms in total. The SMILES string of the molecule is CC(C)N1C[C@@H](C(=O)O)C2(CCOCC2)C1. The second-order valence-corrected chi connectivity index (χ2v) is 5.39. The molecule has 1 N–H and O–H groups in total. The van der Waals surface area contributed by atoms with Gasteiger partial charge in [-0.05, 0) is 26.7 Å². The molecule has 16 heavy (non-hydrogen) atoms. The summed E-state index contributed by atoms with van der Waals surface area (Å²) in [6.45, 7) is 7.33. The summed E-state index contributed by atoms with van der Waals surface area (Å²) in [6.07, 6.45) is 1.79. The Labute approximate surface area is 96.6 Å². The van der Waals surface area contributed by atoms with Crippen LogP contribution in [0.4, 0.5) is 0 Å². The van der Waals surface area contributed by atoms with Crippen molar-refractivity contribution in [3.63, 3.8) is 0 Å². The monoisotopic (exact) mass is 227 g/mol. The summed E-state index contributed by atoms with van der Waals surface area (Å²) in [5.41, 5.74) is -0.0334. The minimum absolute atomic E-state index is 0.0334. The van der Waals surface area contributed by atoms with E-state index in [0.29, 0.717) is 12.6 Å². The number of ether oxygens (including phenoxy) is 1. The second-order valence-electron chi connectivity index (χ2n) is 5.39. The first-order valence-electron chi connectivity index (χ1n) is 6.10. The van der Waals surface area contributed by atoms with E-state index in [-0.39, 0.29) is 11.3 Å². The molecule has 92 valence electrons. The van der Waals surface area contributed by atoms with Crippen molar-refractivity contribution in [3.05, 3.63) is 0 Å². The van der Waals surface area contributed by atoms with E-state index in [9.17, 15) is 9.90 Å². The Kier molecular flexibility index (Phi) is 3.22. The maximum atomic E-state index is 11.4. The number of carboxylic acid groups (broad SMARTS) is 1. The van der Waals surface area contributed by atoms with E-state index < -0.39 is 5.97 Å². The van der Waals surface area contributed by atoms with Crippen molar-refractivity contribution in [1.29, 1.82) is 0 Å². The van der Waals surface area contributed by atoms with Gasteiger partial charge in [0.2, 0.25) is 0 Å². The number of carbonyl (C=O) groups is 1. The van der Waals surface area contributed by atoms with Crippen LogP contribution in [0.25, 0.3) is 0 Å². The van der Waals surface area contributed by atoms with Gasteiger partial charge in [0.15, 0.2) is 0 Å². The van der Waals surface area contributed by atoms with E-state index in [1.54, 1.807) is 0 Å². The molecule has 0 aliphatic carbocycles. The summed E-state index contributed by atoms with van der Waals surface area (Å²) in [4.78, 5) is 13.7. The van der Waals surface area contributed by atoms with Gasteiger partial charge in [0.05, 0.1) is 5.92 Å². The summed E-state index contributed by atoms with van der Waals surface area (Å²) >= 11 is 0. The predicted octanol–water partition coefficient (Wildman–Crippen LogP) is 1.21. The molecule has 0 bridgehead atoms. The summed E-state index contributed by atoms with van der Waals surface area (Å²) in [6, 6.07) is 0.434.